The molecule has 0 spiro atoms. The number of hydrogen-bond donors (Lipinski definition) is 1. The van der Waals surface area contributed by atoms with E-state index in [1.165, 1.54) is 37.0 Å². The summed E-state index contributed by atoms with van der Waals surface area (Å²) < 4.78 is 6.02. The molecule has 2 atom stereocenters. The average Bonchev–Trinajstić information content (AvgIpc) is 3.57. The molecule has 1 saturated carbocycles. The number of piperidine rings is 1. The number of Topliss-reactive ketones (excluding diaryl/α,β-unsaturated/α-hetero) is 1. The lowest BCUT2D eigenvalue weighted by molar-refractivity contribution is -0.133. The second-order valence-corrected chi connectivity index (χ2v) is 11.6. The molecule has 2 fully saturated rings. The summed E-state index contributed by atoms with van der Waals surface area (Å²) in [5.41, 5.74) is 0.357. The third-order valence-electron chi connectivity index (χ3n) is 6.58. The Balaban J connectivity index is 1.43. The third-order valence-corrected chi connectivity index (χ3v) is 9.50. The van der Waals surface area contributed by atoms with E-state index in [0.717, 1.165) is 17.3 Å². The van der Waals surface area contributed by atoms with Gasteiger partial charge in [0.25, 0.3) is 0 Å². The van der Waals surface area contributed by atoms with Crippen molar-refractivity contribution in [3.8, 4) is 5.88 Å². The second-order valence-electron chi connectivity index (χ2n) is 8.92. The van der Waals surface area contributed by atoms with Gasteiger partial charge in [-0.2, -0.15) is 11.3 Å². The molecule has 0 radical (unpaired) electrons. The van der Waals surface area contributed by atoms with Gasteiger partial charge in [-0.05, 0) is 59.3 Å². The number of carbonyl (C=O) groups excluding carboxylic acids is 2. The van der Waals surface area contributed by atoms with E-state index >= 15 is 0 Å². The highest BCUT2D eigenvalue weighted by molar-refractivity contribution is 8.01. The van der Waals surface area contributed by atoms with E-state index in [0.29, 0.717) is 39.0 Å². The Morgan fingerprint density at radius 1 is 1.11 bits per heavy atom. The number of thiophene rings is 1. The number of thioether (sulfide) groups is 1. The molecule has 1 aliphatic carbocycles. The van der Waals surface area contributed by atoms with Gasteiger partial charge in [0.05, 0.1) is 22.3 Å². The lowest BCUT2D eigenvalue weighted by Crippen LogP contribution is -2.58. The SMILES string of the molecule is O=C1CC(c2ccsc2)(c2cccc(OCC3CCCC3)n2)NC(=O)C1Sc1cccc(Cl)c1Cl. The van der Waals surface area contributed by atoms with E-state index < -0.39 is 10.8 Å². The minimum atomic E-state index is -1.06. The topological polar surface area (TPSA) is 68.3 Å². The number of halogens is 2. The summed E-state index contributed by atoms with van der Waals surface area (Å²) in [6.07, 6.45) is 4.93. The van der Waals surface area contributed by atoms with E-state index in [4.69, 9.17) is 32.9 Å². The zero-order valence-corrected chi connectivity index (χ0v) is 22.0. The Morgan fingerprint density at radius 2 is 1.91 bits per heavy atom. The van der Waals surface area contributed by atoms with Gasteiger partial charge in [0.15, 0.2) is 5.78 Å². The highest BCUT2D eigenvalue weighted by Crippen LogP contribution is 2.42. The van der Waals surface area contributed by atoms with Crippen LogP contribution in [0.25, 0.3) is 0 Å². The van der Waals surface area contributed by atoms with Crippen molar-refractivity contribution in [2.75, 3.05) is 6.61 Å². The lowest BCUT2D eigenvalue weighted by atomic mass is 9.79. The van der Waals surface area contributed by atoms with E-state index in [-0.39, 0.29) is 18.1 Å². The third kappa shape index (κ3) is 5.10. The Kier molecular flexibility index (Phi) is 7.39. The fraction of sp³-hybridized carbons (Fsp3) is 0.346. The van der Waals surface area contributed by atoms with Crippen molar-refractivity contribution in [3.05, 3.63) is 74.5 Å². The van der Waals surface area contributed by atoms with Gasteiger partial charge in [-0.15, -0.1) is 11.8 Å². The van der Waals surface area contributed by atoms with E-state index in [1.54, 1.807) is 18.2 Å². The van der Waals surface area contributed by atoms with Crippen molar-refractivity contribution in [2.24, 2.45) is 5.92 Å². The molecule has 182 valence electrons. The first-order chi connectivity index (χ1) is 17.0. The summed E-state index contributed by atoms with van der Waals surface area (Å²) in [6.45, 7) is 0.631. The van der Waals surface area contributed by atoms with Crippen LogP contribution in [0, 0.1) is 5.92 Å². The van der Waals surface area contributed by atoms with Crippen LogP contribution in [-0.4, -0.2) is 28.5 Å². The largest absolute Gasteiger partial charge is 0.477 e. The van der Waals surface area contributed by atoms with Crippen molar-refractivity contribution in [1.29, 1.82) is 0 Å². The number of hydrogen-bond acceptors (Lipinski definition) is 6. The zero-order valence-electron chi connectivity index (χ0n) is 18.8. The fourth-order valence-electron chi connectivity index (χ4n) is 4.74. The van der Waals surface area contributed by atoms with Gasteiger partial charge in [0.1, 0.15) is 10.8 Å². The summed E-state index contributed by atoms with van der Waals surface area (Å²) in [4.78, 5) is 32.2. The molecule has 1 aromatic carbocycles. The quantitative estimate of drug-likeness (QED) is 0.342. The summed E-state index contributed by atoms with van der Waals surface area (Å²) in [6, 6.07) is 12.6. The first-order valence-electron chi connectivity index (χ1n) is 11.5. The Hall–Kier alpha value is -2.06. The zero-order chi connectivity index (χ0) is 24.4. The molecule has 9 heteroatoms. The molecule has 1 amide bonds. The number of benzene rings is 1. The van der Waals surface area contributed by atoms with Crippen LogP contribution in [0.15, 0.2) is 58.1 Å². The maximum absolute atomic E-state index is 13.5. The van der Waals surface area contributed by atoms with Gasteiger partial charge in [0.2, 0.25) is 11.8 Å². The lowest BCUT2D eigenvalue weighted by Gasteiger charge is -2.39. The van der Waals surface area contributed by atoms with Crippen molar-refractivity contribution >= 4 is 58.0 Å². The molecule has 0 bridgehead atoms. The van der Waals surface area contributed by atoms with Crippen LogP contribution < -0.4 is 10.1 Å². The molecule has 1 saturated heterocycles. The molecule has 5 rings (SSSR count). The maximum atomic E-state index is 13.5. The fourth-order valence-corrected chi connectivity index (χ4v) is 6.96. The van der Waals surface area contributed by atoms with E-state index in [9.17, 15) is 9.59 Å². The Morgan fingerprint density at radius 3 is 2.66 bits per heavy atom. The monoisotopic (exact) mass is 546 g/mol. The van der Waals surface area contributed by atoms with Crippen LogP contribution in [0.2, 0.25) is 10.0 Å². The van der Waals surface area contributed by atoms with Crippen LogP contribution in [0.4, 0.5) is 0 Å². The van der Waals surface area contributed by atoms with E-state index in [1.807, 2.05) is 35.0 Å². The van der Waals surface area contributed by atoms with Gasteiger partial charge < -0.3 is 10.1 Å². The van der Waals surface area contributed by atoms with Crippen molar-refractivity contribution in [3.63, 3.8) is 0 Å². The van der Waals surface area contributed by atoms with Crippen LogP contribution in [0.5, 0.6) is 5.88 Å². The summed E-state index contributed by atoms with van der Waals surface area (Å²) in [5.74, 6) is 0.485. The van der Waals surface area contributed by atoms with Gasteiger partial charge in [-0.25, -0.2) is 4.98 Å². The van der Waals surface area contributed by atoms with Crippen molar-refractivity contribution in [1.82, 2.24) is 10.3 Å². The van der Waals surface area contributed by atoms with Crippen LogP contribution >= 0.6 is 46.3 Å². The van der Waals surface area contributed by atoms with Crippen LogP contribution in [0.3, 0.4) is 0 Å². The number of nitrogens with zero attached hydrogens (tertiary/aromatic N) is 1. The average molecular weight is 548 g/mol. The molecular weight excluding hydrogens is 523 g/mol. The number of nitrogens with one attached hydrogen (secondary N) is 1. The molecule has 35 heavy (non-hydrogen) atoms. The molecular formula is C26H24Cl2N2O3S2. The first-order valence-corrected chi connectivity index (χ1v) is 14.1. The summed E-state index contributed by atoms with van der Waals surface area (Å²) in [5, 5.41) is 6.80. The predicted molar refractivity (Wildman–Crippen MR) is 141 cm³/mol. The van der Waals surface area contributed by atoms with E-state index in [2.05, 4.69) is 5.32 Å². The second kappa shape index (κ2) is 10.5. The molecule has 3 heterocycles. The molecule has 5 nitrogen and oxygen atoms in total. The Bertz CT molecular complexity index is 1210. The van der Waals surface area contributed by atoms with Crippen molar-refractivity contribution in [2.45, 2.75) is 47.8 Å². The number of pyridine rings is 1. The number of amides is 1. The number of aromatic nitrogens is 1. The summed E-state index contributed by atoms with van der Waals surface area (Å²) in [7, 11) is 0. The van der Waals surface area contributed by atoms with Gasteiger partial charge in [-0.3, -0.25) is 9.59 Å². The highest BCUT2D eigenvalue weighted by Gasteiger charge is 2.48. The van der Waals surface area contributed by atoms with Gasteiger partial charge in [0, 0.05) is 17.4 Å². The smallest absolute Gasteiger partial charge is 0.242 e. The minimum Gasteiger partial charge on any atom is -0.477 e. The molecule has 2 unspecified atom stereocenters. The molecule has 2 aliphatic rings. The number of ether oxygens (including phenoxy) is 1. The number of carbonyl (C=O) groups is 2. The predicted octanol–water partition coefficient (Wildman–Crippen LogP) is 6.51. The van der Waals surface area contributed by atoms with Gasteiger partial charge in [-0.1, -0.05) is 48.2 Å². The van der Waals surface area contributed by atoms with Crippen LogP contribution in [0.1, 0.15) is 43.4 Å². The highest BCUT2D eigenvalue weighted by atomic mass is 35.5. The van der Waals surface area contributed by atoms with Crippen molar-refractivity contribution < 1.29 is 14.3 Å². The Labute approximate surface area is 222 Å². The van der Waals surface area contributed by atoms with Gasteiger partial charge >= 0.3 is 0 Å². The van der Waals surface area contributed by atoms with Crippen LogP contribution in [-0.2, 0) is 15.1 Å². The number of ketones is 1. The molecule has 3 aromatic rings. The molecule has 1 aliphatic heterocycles. The minimum absolute atomic E-state index is 0.0738. The standard InChI is InChI=1S/C26H24Cl2N2O3S2/c27-18-7-3-8-20(23(18)28)35-24-19(31)13-26(30-25(24)32,17-11-12-34-15-17)21-9-4-10-22(29-21)33-14-16-5-1-2-6-16/h3-4,7-12,15-16,24H,1-2,5-6,13-14H2,(H,30,32). The molecule has 1 N–H and O–H groups in total. The number of rotatable bonds is 7. The normalized spacial score (nSPS) is 22.9. The maximum Gasteiger partial charge on any atom is 0.242 e. The molecule has 2 aromatic heterocycles. The first kappa shape index (κ1) is 24.6. The summed E-state index contributed by atoms with van der Waals surface area (Å²) >= 11 is 15.1.